The first-order valence-corrected chi connectivity index (χ1v) is 6.14. The summed E-state index contributed by atoms with van der Waals surface area (Å²) in [4.78, 5) is 11.8. The molecule has 2 nitrogen and oxygen atoms in total. The van der Waals surface area contributed by atoms with E-state index in [4.69, 9.17) is 0 Å². The molecule has 0 heterocycles. The fourth-order valence-electron chi connectivity index (χ4n) is 1.39. The Bertz CT molecular complexity index is 363. The van der Waals surface area contributed by atoms with Gasteiger partial charge in [-0.05, 0) is 30.0 Å². The van der Waals surface area contributed by atoms with Crippen molar-refractivity contribution in [1.29, 1.82) is 0 Å². The molecule has 1 N–H and O–H groups in total. The lowest BCUT2D eigenvalue weighted by molar-refractivity contribution is -0.116. The summed E-state index contributed by atoms with van der Waals surface area (Å²) in [5.41, 5.74) is 2.07. The topological polar surface area (TPSA) is 29.1 Å². The van der Waals surface area contributed by atoms with Gasteiger partial charge < -0.3 is 5.32 Å². The van der Waals surface area contributed by atoms with Crippen molar-refractivity contribution >= 4 is 24.2 Å². The van der Waals surface area contributed by atoms with Crippen molar-refractivity contribution in [3.05, 3.63) is 29.8 Å². The van der Waals surface area contributed by atoms with Crippen LogP contribution in [0.1, 0.15) is 26.3 Å². The SMILES string of the molecule is CCc1cccc(NC(=O)C(S)C(C)C)c1. The average Bonchev–Trinajstić information content (AvgIpc) is 2.28. The number of carbonyl (C=O) groups excluding carboxylic acids is 1. The second-order valence-corrected chi connectivity index (χ2v) is 4.79. The molecule has 1 aromatic rings. The second-order valence-electron chi connectivity index (χ2n) is 4.23. The van der Waals surface area contributed by atoms with Gasteiger partial charge in [-0.1, -0.05) is 32.9 Å². The van der Waals surface area contributed by atoms with E-state index in [1.54, 1.807) is 0 Å². The number of hydrogen-bond donors (Lipinski definition) is 2. The highest BCUT2D eigenvalue weighted by atomic mass is 32.1. The molecule has 1 atom stereocenters. The van der Waals surface area contributed by atoms with E-state index in [0.29, 0.717) is 0 Å². The van der Waals surface area contributed by atoms with Crippen LogP contribution < -0.4 is 5.32 Å². The molecule has 0 aliphatic heterocycles. The number of thiol groups is 1. The Morgan fingerprint density at radius 2 is 2.12 bits per heavy atom. The largest absolute Gasteiger partial charge is 0.325 e. The minimum Gasteiger partial charge on any atom is -0.325 e. The van der Waals surface area contributed by atoms with Gasteiger partial charge in [-0.2, -0.15) is 12.6 Å². The molecule has 3 heteroatoms. The monoisotopic (exact) mass is 237 g/mol. The first kappa shape index (κ1) is 13.1. The van der Waals surface area contributed by atoms with E-state index < -0.39 is 0 Å². The van der Waals surface area contributed by atoms with Gasteiger partial charge in [-0.3, -0.25) is 4.79 Å². The molecule has 0 fully saturated rings. The van der Waals surface area contributed by atoms with E-state index in [-0.39, 0.29) is 17.1 Å². The van der Waals surface area contributed by atoms with Gasteiger partial charge in [0.15, 0.2) is 0 Å². The summed E-state index contributed by atoms with van der Waals surface area (Å²) >= 11 is 4.29. The number of carbonyl (C=O) groups is 1. The third-order valence-electron chi connectivity index (χ3n) is 2.50. The van der Waals surface area contributed by atoms with Gasteiger partial charge in [-0.25, -0.2) is 0 Å². The molecular weight excluding hydrogens is 218 g/mol. The zero-order chi connectivity index (χ0) is 12.1. The predicted octanol–water partition coefficient (Wildman–Crippen LogP) is 3.14. The van der Waals surface area contributed by atoms with Crippen molar-refractivity contribution in [3.8, 4) is 0 Å². The first-order chi connectivity index (χ1) is 7.54. The predicted molar refractivity (Wildman–Crippen MR) is 72.1 cm³/mol. The standard InChI is InChI=1S/C13H19NOS/c1-4-10-6-5-7-11(8-10)14-13(15)12(16)9(2)3/h5-9,12,16H,4H2,1-3H3,(H,14,15). The lowest BCUT2D eigenvalue weighted by atomic mass is 10.1. The number of hydrogen-bond acceptors (Lipinski definition) is 2. The number of anilines is 1. The summed E-state index contributed by atoms with van der Waals surface area (Å²) in [7, 11) is 0. The van der Waals surface area contributed by atoms with Crippen LogP contribution in [-0.4, -0.2) is 11.2 Å². The molecule has 0 aliphatic carbocycles. The summed E-state index contributed by atoms with van der Waals surface area (Å²) < 4.78 is 0. The van der Waals surface area contributed by atoms with E-state index in [1.165, 1.54) is 5.56 Å². The fourth-order valence-corrected chi connectivity index (χ4v) is 1.45. The molecule has 0 bridgehead atoms. The number of nitrogens with one attached hydrogen (secondary N) is 1. The van der Waals surface area contributed by atoms with Crippen LogP contribution in [0.3, 0.4) is 0 Å². The zero-order valence-corrected chi connectivity index (χ0v) is 10.9. The summed E-state index contributed by atoms with van der Waals surface area (Å²) in [6.07, 6.45) is 0.970. The molecule has 0 saturated heterocycles. The molecule has 1 amide bonds. The van der Waals surface area contributed by atoms with Crippen LogP contribution >= 0.6 is 12.6 Å². The molecule has 0 spiro atoms. The third-order valence-corrected chi connectivity index (χ3v) is 3.33. The van der Waals surface area contributed by atoms with Gasteiger partial charge in [0.1, 0.15) is 0 Å². The summed E-state index contributed by atoms with van der Waals surface area (Å²) in [5.74, 6) is 0.198. The lowest BCUT2D eigenvalue weighted by Gasteiger charge is -2.14. The molecule has 0 radical (unpaired) electrons. The Balaban J connectivity index is 2.69. The average molecular weight is 237 g/mol. The maximum Gasteiger partial charge on any atom is 0.237 e. The van der Waals surface area contributed by atoms with Crippen LogP contribution in [0.2, 0.25) is 0 Å². The highest BCUT2D eigenvalue weighted by Gasteiger charge is 2.17. The molecule has 0 aliphatic rings. The Morgan fingerprint density at radius 3 is 2.69 bits per heavy atom. The van der Waals surface area contributed by atoms with Crippen molar-refractivity contribution in [3.63, 3.8) is 0 Å². The highest BCUT2D eigenvalue weighted by Crippen LogP contribution is 2.15. The van der Waals surface area contributed by atoms with Gasteiger partial charge in [0.25, 0.3) is 0 Å². The van der Waals surface area contributed by atoms with Crippen LogP contribution in [0.15, 0.2) is 24.3 Å². The molecule has 1 rings (SSSR count). The minimum atomic E-state index is -0.259. The van der Waals surface area contributed by atoms with E-state index >= 15 is 0 Å². The normalized spacial score (nSPS) is 12.6. The molecule has 0 aromatic heterocycles. The van der Waals surface area contributed by atoms with Crippen LogP contribution in [-0.2, 0) is 11.2 Å². The van der Waals surface area contributed by atoms with E-state index in [0.717, 1.165) is 12.1 Å². The highest BCUT2D eigenvalue weighted by molar-refractivity contribution is 7.81. The van der Waals surface area contributed by atoms with Gasteiger partial charge in [0, 0.05) is 5.69 Å². The van der Waals surface area contributed by atoms with E-state index in [2.05, 4.69) is 30.9 Å². The van der Waals surface area contributed by atoms with E-state index in [9.17, 15) is 4.79 Å². The summed E-state index contributed by atoms with van der Waals surface area (Å²) in [5, 5.41) is 2.62. The van der Waals surface area contributed by atoms with Crippen molar-refractivity contribution < 1.29 is 4.79 Å². The molecule has 88 valence electrons. The number of benzene rings is 1. The van der Waals surface area contributed by atoms with E-state index in [1.807, 2.05) is 32.0 Å². The van der Waals surface area contributed by atoms with Crippen molar-refractivity contribution in [1.82, 2.24) is 0 Å². The number of aryl methyl sites for hydroxylation is 1. The van der Waals surface area contributed by atoms with Crippen LogP contribution in [0.5, 0.6) is 0 Å². The summed E-state index contributed by atoms with van der Waals surface area (Å²) in [6.45, 7) is 6.07. The zero-order valence-electron chi connectivity index (χ0n) is 10.0. The third kappa shape index (κ3) is 3.56. The molecule has 1 unspecified atom stereocenters. The van der Waals surface area contributed by atoms with Gasteiger partial charge >= 0.3 is 0 Å². The fraction of sp³-hybridized carbons (Fsp3) is 0.462. The van der Waals surface area contributed by atoms with Gasteiger partial charge in [0.05, 0.1) is 5.25 Å². The van der Waals surface area contributed by atoms with Crippen LogP contribution in [0, 0.1) is 5.92 Å². The van der Waals surface area contributed by atoms with Crippen molar-refractivity contribution in [2.45, 2.75) is 32.4 Å². The second kappa shape index (κ2) is 5.94. The molecule has 0 saturated carbocycles. The quantitative estimate of drug-likeness (QED) is 0.774. The Kier molecular flexibility index (Phi) is 4.87. The van der Waals surface area contributed by atoms with Crippen LogP contribution in [0.4, 0.5) is 5.69 Å². The van der Waals surface area contributed by atoms with Crippen LogP contribution in [0.25, 0.3) is 0 Å². The van der Waals surface area contributed by atoms with Gasteiger partial charge in [-0.15, -0.1) is 0 Å². The van der Waals surface area contributed by atoms with Crippen molar-refractivity contribution in [2.75, 3.05) is 5.32 Å². The molecule has 16 heavy (non-hydrogen) atoms. The maximum absolute atomic E-state index is 11.8. The number of rotatable bonds is 4. The molecule has 1 aromatic carbocycles. The maximum atomic E-state index is 11.8. The Morgan fingerprint density at radius 1 is 1.44 bits per heavy atom. The Hall–Kier alpha value is -0.960. The van der Waals surface area contributed by atoms with Gasteiger partial charge in [0.2, 0.25) is 5.91 Å². The lowest BCUT2D eigenvalue weighted by Crippen LogP contribution is -2.27. The Labute approximate surface area is 103 Å². The molecular formula is C13H19NOS. The summed E-state index contributed by atoms with van der Waals surface area (Å²) in [6, 6.07) is 7.91. The van der Waals surface area contributed by atoms with Crippen molar-refractivity contribution in [2.24, 2.45) is 5.92 Å². The number of amides is 1. The minimum absolute atomic E-state index is 0.0356. The first-order valence-electron chi connectivity index (χ1n) is 5.62. The smallest absolute Gasteiger partial charge is 0.237 e.